The van der Waals surface area contributed by atoms with Gasteiger partial charge in [-0.05, 0) is 17.9 Å². The van der Waals surface area contributed by atoms with E-state index >= 15 is 0 Å². The number of carbonyl (C=O) groups is 1. The predicted molar refractivity (Wildman–Crippen MR) is 74.2 cm³/mol. The third-order valence-corrected chi connectivity index (χ3v) is 3.36. The molecule has 0 amide bonds. The molecule has 1 unspecified atom stereocenters. The Labute approximate surface area is 117 Å². The summed E-state index contributed by atoms with van der Waals surface area (Å²) in [5.41, 5.74) is 1.88. The number of rotatable bonds is 5. The van der Waals surface area contributed by atoms with Gasteiger partial charge < -0.3 is 0 Å². The van der Waals surface area contributed by atoms with Crippen molar-refractivity contribution < 1.29 is 4.79 Å². The Kier molecular flexibility index (Phi) is 4.26. The van der Waals surface area contributed by atoms with E-state index in [0.717, 1.165) is 6.42 Å². The number of hydrogen-bond acceptors (Lipinski definition) is 4. The lowest BCUT2D eigenvalue weighted by Gasteiger charge is -2.09. The minimum absolute atomic E-state index is 0.0462. The summed E-state index contributed by atoms with van der Waals surface area (Å²) in [6, 6.07) is 9.49. The monoisotopic (exact) mass is 268 g/mol. The number of aromatic nitrogens is 3. The topological polar surface area (TPSA) is 71.6 Å². The summed E-state index contributed by atoms with van der Waals surface area (Å²) in [6.45, 7) is 4.40. The third kappa shape index (κ3) is 3.09. The molecule has 1 aromatic carbocycles. The standard InChI is InChI=1S/C15H16N4O/c1-3-11(2)12-4-6-13(7-5-12)14(20)9-19-10-17-15(8-16)18-19/h4-7,10-11H,3,9H2,1-2H3. The maximum absolute atomic E-state index is 12.1. The molecule has 0 aliphatic carbocycles. The van der Waals surface area contributed by atoms with Gasteiger partial charge in [0, 0.05) is 5.56 Å². The first-order valence-corrected chi connectivity index (χ1v) is 6.56. The number of hydrogen-bond donors (Lipinski definition) is 0. The molecule has 5 nitrogen and oxygen atoms in total. The molecule has 1 heterocycles. The van der Waals surface area contributed by atoms with Gasteiger partial charge >= 0.3 is 0 Å². The highest BCUT2D eigenvalue weighted by molar-refractivity contribution is 5.95. The van der Waals surface area contributed by atoms with E-state index in [4.69, 9.17) is 5.26 Å². The smallest absolute Gasteiger partial charge is 0.252 e. The van der Waals surface area contributed by atoms with Crippen molar-refractivity contribution in [1.82, 2.24) is 14.8 Å². The Bertz CT molecular complexity index is 637. The van der Waals surface area contributed by atoms with E-state index < -0.39 is 0 Å². The molecule has 20 heavy (non-hydrogen) atoms. The number of benzene rings is 1. The van der Waals surface area contributed by atoms with Crippen LogP contribution >= 0.6 is 0 Å². The first-order chi connectivity index (χ1) is 9.63. The van der Waals surface area contributed by atoms with Crippen molar-refractivity contribution in [1.29, 1.82) is 5.26 Å². The average molecular weight is 268 g/mol. The highest BCUT2D eigenvalue weighted by atomic mass is 16.1. The van der Waals surface area contributed by atoms with E-state index in [-0.39, 0.29) is 18.2 Å². The van der Waals surface area contributed by atoms with Crippen LogP contribution < -0.4 is 0 Å². The van der Waals surface area contributed by atoms with Crippen molar-refractivity contribution in [3.63, 3.8) is 0 Å². The fourth-order valence-corrected chi connectivity index (χ4v) is 1.89. The Hall–Kier alpha value is -2.48. The SMILES string of the molecule is CCC(C)c1ccc(C(=O)Cn2cnc(C#N)n2)cc1. The van der Waals surface area contributed by atoms with Crippen LogP contribution in [0.2, 0.25) is 0 Å². The van der Waals surface area contributed by atoms with Gasteiger partial charge in [0.1, 0.15) is 18.9 Å². The molecule has 2 aromatic rings. The van der Waals surface area contributed by atoms with E-state index in [0.29, 0.717) is 11.5 Å². The van der Waals surface area contributed by atoms with Crippen LogP contribution in [-0.4, -0.2) is 20.5 Å². The quantitative estimate of drug-likeness (QED) is 0.781. The molecule has 0 aliphatic heterocycles. The molecule has 5 heteroatoms. The molecule has 1 atom stereocenters. The van der Waals surface area contributed by atoms with Crippen molar-refractivity contribution in [2.75, 3.05) is 0 Å². The van der Waals surface area contributed by atoms with Crippen LogP contribution in [0.1, 0.15) is 47.9 Å². The Morgan fingerprint density at radius 2 is 2.10 bits per heavy atom. The fourth-order valence-electron chi connectivity index (χ4n) is 1.89. The normalized spacial score (nSPS) is 11.8. The number of nitriles is 1. The second-order valence-corrected chi connectivity index (χ2v) is 4.73. The van der Waals surface area contributed by atoms with Crippen LogP contribution in [0.4, 0.5) is 0 Å². The zero-order valence-corrected chi connectivity index (χ0v) is 11.6. The Morgan fingerprint density at radius 1 is 1.40 bits per heavy atom. The van der Waals surface area contributed by atoms with Crippen molar-refractivity contribution >= 4 is 5.78 Å². The highest BCUT2D eigenvalue weighted by Crippen LogP contribution is 2.19. The minimum atomic E-state index is -0.0462. The van der Waals surface area contributed by atoms with E-state index in [1.54, 1.807) is 0 Å². The van der Waals surface area contributed by atoms with Gasteiger partial charge in [0.15, 0.2) is 5.78 Å². The van der Waals surface area contributed by atoms with Crippen LogP contribution in [-0.2, 0) is 6.54 Å². The van der Waals surface area contributed by atoms with Gasteiger partial charge in [-0.2, -0.15) is 5.26 Å². The van der Waals surface area contributed by atoms with Crippen LogP contribution in [0.25, 0.3) is 0 Å². The molecule has 102 valence electrons. The van der Waals surface area contributed by atoms with Crippen LogP contribution in [0.15, 0.2) is 30.6 Å². The lowest BCUT2D eigenvalue weighted by Crippen LogP contribution is -2.11. The summed E-state index contributed by atoms with van der Waals surface area (Å²) >= 11 is 0. The molecule has 0 N–H and O–H groups in total. The largest absolute Gasteiger partial charge is 0.292 e. The molecule has 0 radical (unpaired) electrons. The maximum atomic E-state index is 12.1. The van der Waals surface area contributed by atoms with Gasteiger partial charge in [0.05, 0.1) is 0 Å². The van der Waals surface area contributed by atoms with Gasteiger partial charge in [-0.25, -0.2) is 9.67 Å². The molecule has 0 saturated heterocycles. The molecule has 1 aromatic heterocycles. The summed E-state index contributed by atoms with van der Waals surface area (Å²) in [6.07, 6.45) is 2.47. The highest BCUT2D eigenvalue weighted by Gasteiger charge is 2.10. The minimum Gasteiger partial charge on any atom is -0.292 e. The zero-order valence-electron chi connectivity index (χ0n) is 11.6. The third-order valence-electron chi connectivity index (χ3n) is 3.36. The van der Waals surface area contributed by atoms with Gasteiger partial charge in [0.25, 0.3) is 5.82 Å². The van der Waals surface area contributed by atoms with Crippen LogP contribution in [0, 0.1) is 11.3 Å². The molecule has 0 aliphatic rings. The summed E-state index contributed by atoms with van der Waals surface area (Å²) < 4.78 is 1.38. The molecule has 0 bridgehead atoms. The maximum Gasteiger partial charge on any atom is 0.252 e. The first kappa shape index (κ1) is 13.9. The lowest BCUT2D eigenvalue weighted by atomic mass is 9.97. The predicted octanol–water partition coefficient (Wildman–Crippen LogP) is 2.55. The second-order valence-electron chi connectivity index (χ2n) is 4.73. The van der Waals surface area contributed by atoms with Gasteiger partial charge in [-0.15, -0.1) is 5.10 Å². The molecule has 0 spiro atoms. The van der Waals surface area contributed by atoms with Crippen molar-refractivity contribution in [3.05, 3.63) is 47.5 Å². The zero-order chi connectivity index (χ0) is 14.5. The summed E-state index contributed by atoms with van der Waals surface area (Å²) in [5.74, 6) is 0.521. The summed E-state index contributed by atoms with van der Waals surface area (Å²) in [5, 5.41) is 12.5. The number of carbonyl (C=O) groups excluding carboxylic acids is 1. The Morgan fingerprint density at radius 3 is 2.65 bits per heavy atom. The van der Waals surface area contributed by atoms with E-state index in [1.165, 1.54) is 16.6 Å². The van der Waals surface area contributed by atoms with Crippen LogP contribution in [0.5, 0.6) is 0 Å². The molecule has 0 fully saturated rings. The van der Waals surface area contributed by atoms with E-state index in [9.17, 15) is 4.79 Å². The van der Waals surface area contributed by atoms with Crippen molar-refractivity contribution in [2.45, 2.75) is 32.7 Å². The van der Waals surface area contributed by atoms with Gasteiger partial charge in [0.2, 0.25) is 0 Å². The first-order valence-electron chi connectivity index (χ1n) is 6.56. The van der Waals surface area contributed by atoms with Crippen molar-refractivity contribution in [3.8, 4) is 6.07 Å². The summed E-state index contributed by atoms with van der Waals surface area (Å²) in [7, 11) is 0. The molecule has 0 saturated carbocycles. The van der Waals surface area contributed by atoms with Crippen molar-refractivity contribution in [2.24, 2.45) is 0 Å². The molecular formula is C15H16N4O. The fraction of sp³-hybridized carbons (Fsp3) is 0.333. The van der Waals surface area contributed by atoms with E-state index in [2.05, 4.69) is 23.9 Å². The molecular weight excluding hydrogens is 252 g/mol. The summed E-state index contributed by atoms with van der Waals surface area (Å²) in [4.78, 5) is 15.9. The van der Waals surface area contributed by atoms with E-state index in [1.807, 2.05) is 30.3 Å². The lowest BCUT2D eigenvalue weighted by molar-refractivity contribution is 0.0967. The average Bonchev–Trinajstić information content (AvgIpc) is 2.94. The number of Topliss-reactive ketones (excluding diaryl/α,β-unsaturated/α-hetero) is 1. The van der Waals surface area contributed by atoms with Crippen LogP contribution in [0.3, 0.4) is 0 Å². The second kappa shape index (κ2) is 6.11. The van der Waals surface area contributed by atoms with Gasteiger partial charge in [-0.1, -0.05) is 38.1 Å². The van der Waals surface area contributed by atoms with Gasteiger partial charge in [-0.3, -0.25) is 4.79 Å². The molecule has 2 rings (SSSR count). The number of nitrogens with zero attached hydrogens (tertiary/aromatic N) is 4. The number of ketones is 1. The Balaban J connectivity index is 2.07.